The van der Waals surface area contributed by atoms with Gasteiger partial charge in [-0.05, 0) is 18.1 Å². The van der Waals surface area contributed by atoms with E-state index in [-0.39, 0.29) is 6.42 Å². The highest BCUT2D eigenvalue weighted by molar-refractivity contribution is 5.67. The number of hydrogen-bond acceptors (Lipinski definition) is 2. The molecule has 1 aliphatic rings. The van der Waals surface area contributed by atoms with Crippen LogP contribution < -0.4 is 5.32 Å². The molecule has 1 aromatic rings. The maximum Gasteiger partial charge on any atom is 0.303 e. The number of fused-ring (bicyclic) bond motifs is 1. The standard InChI is InChI=1S/C11H13NO2/c13-11(14)6-5-8-7-12-10-4-2-1-3-9(8)10/h1-4,8,12H,5-7H2,(H,13,14)/t8-/m1/s1. The monoisotopic (exact) mass is 191 g/mol. The summed E-state index contributed by atoms with van der Waals surface area (Å²) in [5, 5.41) is 11.9. The Morgan fingerprint density at radius 2 is 2.29 bits per heavy atom. The second kappa shape index (κ2) is 3.70. The van der Waals surface area contributed by atoms with Crippen molar-refractivity contribution in [1.82, 2.24) is 0 Å². The molecule has 0 saturated carbocycles. The number of carboxylic acids is 1. The Hall–Kier alpha value is -1.51. The smallest absolute Gasteiger partial charge is 0.303 e. The molecule has 2 N–H and O–H groups in total. The summed E-state index contributed by atoms with van der Waals surface area (Å²) in [5.41, 5.74) is 2.41. The molecule has 1 atom stereocenters. The molecule has 3 nitrogen and oxygen atoms in total. The minimum absolute atomic E-state index is 0.251. The molecule has 0 aromatic heterocycles. The fourth-order valence-electron chi connectivity index (χ4n) is 1.91. The summed E-state index contributed by atoms with van der Waals surface area (Å²) in [5.74, 6) is -0.350. The second-order valence-corrected chi connectivity index (χ2v) is 3.60. The Morgan fingerprint density at radius 3 is 3.07 bits per heavy atom. The number of anilines is 1. The normalized spacial score (nSPS) is 18.7. The number of nitrogens with one attached hydrogen (secondary N) is 1. The first kappa shape index (κ1) is 9.06. The van der Waals surface area contributed by atoms with Crippen LogP contribution in [0.25, 0.3) is 0 Å². The summed E-state index contributed by atoms with van der Waals surface area (Å²) >= 11 is 0. The predicted molar refractivity (Wildman–Crippen MR) is 54.5 cm³/mol. The molecule has 0 saturated heterocycles. The van der Waals surface area contributed by atoms with Crippen molar-refractivity contribution in [2.45, 2.75) is 18.8 Å². The van der Waals surface area contributed by atoms with Crippen LogP contribution in [0.1, 0.15) is 24.3 Å². The Bertz CT molecular complexity index is 349. The first-order chi connectivity index (χ1) is 6.77. The molecule has 0 aliphatic carbocycles. The lowest BCUT2D eigenvalue weighted by molar-refractivity contribution is -0.137. The van der Waals surface area contributed by atoms with Crippen LogP contribution in [0.15, 0.2) is 24.3 Å². The lowest BCUT2D eigenvalue weighted by atomic mass is 9.96. The third kappa shape index (κ3) is 1.71. The van der Waals surface area contributed by atoms with Crippen molar-refractivity contribution >= 4 is 11.7 Å². The van der Waals surface area contributed by atoms with Gasteiger partial charge in [0.25, 0.3) is 0 Å². The first-order valence-corrected chi connectivity index (χ1v) is 4.82. The summed E-state index contributed by atoms with van der Waals surface area (Å²) in [4.78, 5) is 10.4. The van der Waals surface area contributed by atoms with Crippen molar-refractivity contribution in [2.75, 3.05) is 11.9 Å². The van der Waals surface area contributed by atoms with Gasteiger partial charge in [0.15, 0.2) is 0 Å². The van der Waals surface area contributed by atoms with Gasteiger partial charge in [0.1, 0.15) is 0 Å². The lowest BCUT2D eigenvalue weighted by Gasteiger charge is -2.07. The molecular formula is C11H13NO2. The maximum atomic E-state index is 10.4. The van der Waals surface area contributed by atoms with Crippen LogP contribution in [0.3, 0.4) is 0 Å². The highest BCUT2D eigenvalue weighted by atomic mass is 16.4. The van der Waals surface area contributed by atoms with Crippen LogP contribution in [0.2, 0.25) is 0 Å². The van der Waals surface area contributed by atoms with Gasteiger partial charge in [-0.15, -0.1) is 0 Å². The summed E-state index contributed by atoms with van der Waals surface area (Å²) in [6, 6.07) is 8.10. The molecule has 0 spiro atoms. The molecule has 14 heavy (non-hydrogen) atoms. The van der Waals surface area contributed by atoms with Crippen molar-refractivity contribution < 1.29 is 9.90 Å². The summed E-state index contributed by atoms with van der Waals surface area (Å²) in [6.45, 7) is 0.868. The minimum atomic E-state index is -0.714. The molecular weight excluding hydrogens is 178 g/mol. The number of benzene rings is 1. The number of carboxylic acid groups (broad SMARTS) is 1. The third-order valence-corrected chi connectivity index (χ3v) is 2.65. The largest absolute Gasteiger partial charge is 0.481 e. The fourth-order valence-corrected chi connectivity index (χ4v) is 1.91. The van der Waals surface area contributed by atoms with Crippen molar-refractivity contribution in [3.8, 4) is 0 Å². The number of aliphatic carboxylic acids is 1. The zero-order valence-corrected chi connectivity index (χ0v) is 7.86. The maximum absolute atomic E-state index is 10.4. The molecule has 0 unspecified atom stereocenters. The molecule has 3 heteroatoms. The van der Waals surface area contributed by atoms with Gasteiger partial charge in [0, 0.05) is 24.6 Å². The van der Waals surface area contributed by atoms with E-state index in [2.05, 4.69) is 11.4 Å². The van der Waals surface area contributed by atoms with Crippen LogP contribution in [0.5, 0.6) is 0 Å². The van der Waals surface area contributed by atoms with E-state index in [4.69, 9.17) is 5.11 Å². The molecule has 1 aliphatic heterocycles. The van der Waals surface area contributed by atoms with E-state index in [1.807, 2.05) is 18.2 Å². The Kier molecular flexibility index (Phi) is 2.39. The fraction of sp³-hybridized carbons (Fsp3) is 0.364. The molecule has 0 amide bonds. The second-order valence-electron chi connectivity index (χ2n) is 3.60. The molecule has 0 fully saturated rings. The van der Waals surface area contributed by atoms with Crippen molar-refractivity contribution in [3.05, 3.63) is 29.8 Å². The number of rotatable bonds is 3. The molecule has 1 heterocycles. The Labute approximate surface area is 82.8 Å². The van der Waals surface area contributed by atoms with Gasteiger partial charge in [-0.1, -0.05) is 18.2 Å². The van der Waals surface area contributed by atoms with Gasteiger partial charge in [-0.3, -0.25) is 4.79 Å². The van der Waals surface area contributed by atoms with E-state index in [1.54, 1.807) is 0 Å². The lowest BCUT2D eigenvalue weighted by Crippen LogP contribution is -2.05. The summed E-state index contributed by atoms with van der Waals surface area (Å²) in [7, 11) is 0. The van der Waals surface area contributed by atoms with Crippen LogP contribution in [0, 0.1) is 0 Å². The molecule has 0 bridgehead atoms. The van der Waals surface area contributed by atoms with Gasteiger partial charge < -0.3 is 10.4 Å². The molecule has 2 rings (SSSR count). The topological polar surface area (TPSA) is 49.3 Å². The first-order valence-electron chi connectivity index (χ1n) is 4.82. The van der Waals surface area contributed by atoms with Gasteiger partial charge in [-0.25, -0.2) is 0 Å². The van der Waals surface area contributed by atoms with Gasteiger partial charge in [-0.2, -0.15) is 0 Å². The number of para-hydroxylation sites is 1. The molecule has 0 radical (unpaired) electrons. The van der Waals surface area contributed by atoms with Crippen molar-refractivity contribution in [1.29, 1.82) is 0 Å². The third-order valence-electron chi connectivity index (χ3n) is 2.65. The van der Waals surface area contributed by atoms with Crippen molar-refractivity contribution in [2.24, 2.45) is 0 Å². The van der Waals surface area contributed by atoms with Crippen molar-refractivity contribution in [3.63, 3.8) is 0 Å². The number of carbonyl (C=O) groups is 1. The zero-order valence-electron chi connectivity index (χ0n) is 7.86. The van der Waals surface area contributed by atoms with E-state index in [1.165, 1.54) is 5.56 Å². The van der Waals surface area contributed by atoms with Crippen LogP contribution in [0.4, 0.5) is 5.69 Å². The van der Waals surface area contributed by atoms with E-state index >= 15 is 0 Å². The predicted octanol–water partition coefficient (Wildman–Crippen LogP) is 2.06. The highest BCUT2D eigenvalue weighted by Crippen LogP contribution is 2.33. The van der Waals surface area contributed by atoms with E-state index in [9.17, 15) is 4.79 Å². The van der Waals surface area contributed by atoms with Crippen LogP contribution >= 0.6 is 0 Å². The summed E-state index contributed by atoms with van der Waals surface area (Å²) in [6.07, 6.45) is 0.972. The Morgan fingerprint density at radius 1 is 1.50 bits per heavy atom. The van der Waals surface area contributed by atoms with Gasteiger partial charge in [0.05, 0.1) is 0 Å². The zero-order chi connectivity index (χ0) is 9.97. The van der Waals surface area contributed by atoms with Crippen LogP contribution in [-0.2, 0) is 4.79 Å². The Balaban J connectivity index is 2.07. The van der Waals surface area contributed by atoms with E-state index < -0.39 is 5.97 Å². The van der Waals surface area contributed by atoms with E-state index in [0.717, 1.165) is 18.7 Å². The van der Waals surface area contributed by atoms with E-state index in [0.29, 0.717) is 5.92 Å². The van der Waals surface area contributed by atoms with Gasteiger partial charge in [0.2, 0.25) is 0 Å². The minimum Gasteiger partial charge on any atom is -0.481 e. The average Bonchev–Trinajstić information content (AvgIpc) is 2.58. The average molecular weight is 191 g/mol. The number of hydrogen-bond donors (Lipinski definition) is 2. The summed E-state index contributed by atoms with van der Waals surface area (Å²) < 4.78 is 0. The van der Waals surface area contributed by atoms with Crippen LogP contribution in [-0.4, -0.2) is 17.6 Å². The van der Waals surface area contributed by atoms with Gasteiger partial charge >= 0.3 is 5.97 Å². The quantitative estimate of drug-likeness (QED) is 0.768. The SMILES string of the molecule is O=C(O)CC[C@@H]1CNc2ccccc21. The molecule has 74 valence electrons. The molecule has 1 aromatic carbocycles. The highest BCUT2D eigenvalue weighted by Gasteiger charge is 2.21.